The SMILES string of the molecule is COc1cc(C(C)n2nc(Br)c3c(N)ncnc32)n(-c2ccccc2)c(=O)c1C. The van der Waals surface area contributed by atoms with Crippen LogP contribution in [0.3, 0.4) is 0 Å². The van der Waals surface area contributed by atoms with Crippen molar-refractivity contribution < 1.29 is 4.74 Å². The van der Waals surface area contributed by atoms with Gasteiger partial charge in [0.05, 0.1) is 29.8 Å². The number of nitrogens with two attached hydrogens (primary N) is 1. The molecule has 0 radical (unpaired) electrons. The summed E-state index contributed by atoms with van der Waals surface area (Å²) in [5.41, 5.74) is 8.43. The van der Waals surface area contributed by atoms with Crippen LogP contribution in [0.1, 0.15) is 24.2 Å². The third kappa shape index (κ3) is 3.07. The van der Waals surface area contributed by atoms with Crippen molar-refractivity contribution in [2.75, 3.05) is 12.8 Å². The second-order valence-corrected chi connectivity index (χ2v) is 7.36. The molecule has 0 amide bonds. The van der Waals surface area contributed by atoms with Gasteiger partial charge in [-0.3, -0.25) is 9.36 Å². The number of hydrogen-bond donors (Lipinski definition) is 1. The van der Waals surface area contributed by atoms with Crippen molar-refractivity contribution >= 4 is 32.8 Å². The second kappa shape index (κ2) is 7.32. The summed E-state index contributed by atoms with van der Waals surface area (Å²) in [4.78, 5) is 21.6. The van der Waals surface area contributed by atoms with Crippen molar-refractivity contribution in [3.8, 4) is 11.4 Å². The van der Waals surface area contributed by atoms with E-state index in [-0.39, 0.29) is 11.6 Å². The van der Waals surface area contributed by atoms with Gasteiger partial charge in [0.2, 0.25) is 0 Å². The first-order valence-electron chi connectivity index (χ1n) is 8.94. The van der Waals surface area contributed by atoms with E-state index in [0.29, 0.717) is 38.5 Å². The average Bonchev–Trinajstić information content (AvgIpc) is 3.07. The molecule has 4 rings (SSSR count). The fourth-order valence-electron chi connectivity index (χ4n) is 3.41. The molecule has 8 nitrogen and oxygen atoms in total. The maximum Gasteiger partial charge on any atom is 0.262 e. The highest BCUT2D eigenvalue weighted by atomic mass is 79.9. The third-order valence-corrected chi connectivity index (χ3v) is 5.49. The summed E-state index contributed by atoms with van der Waals surface area (Å²) in [5.74, 6) is 0.857. The van der Waals surface area contributed by atoms with E-state index in [9.17, 15) is 4.79 Å². The highest BCUT2D eigenvalue weighted by Crippen LogP contribution is 2.31. The number of para-hydroxylation sites is 1. The van der Waals surface area contributed by atoms with E-state index < -0.39 is 0 Å². The summed E-state index contributed by atoms with van der Waals surface area (Å²) in [6.07, 6.45) is 1.40. The van der Waals surface area contributed by atoms with Crippen LogP contribution in [0.5, 0.6) is 5.75 Å². The molecule has 0 bridgehead atoms. The van der Waals surface area contributed by atoms with Crippen LogP contribution in [0.15, 0.2) is 52.1 Å². The Bertz CT molecular complexity index is 1270. The predicted molar refractivity (Wildman–Crippen MR) is 115 cm³/mol. The molecule has 148 valence electrons. The van der Waals surface area contributed by atoms with Gasteiger partial charge < -0.3 is 10.5 Å². The number of methoxy groups -OCH3 is 1. The second-order valence-electron chi connectivity index (χ2n) is 6.61. The summed E-state index contributed by atoms with van der Waals surface area (Å²) in [5, 5.41) is 5.20. The van der Waals surface area contributed by atoms with Crippen LogP contribution in [0.2, 0.25) is 0 Å². The Labute approximate surface area is 175 Å². The Kier molecular flexibility index (Phi) is 4.83. The third-order valence-electron chi connectivity index (χ3n) is 4.94. The minimum absolute atomic E-state index is 0.151. The molecule has 2 N–H and O–H groups in total. The van der Waals surface area contributed by atoms with Crippen LogP contribution in [-0.2, 0) is 0 Å². The van der Waals surface area contributed by atoms with Gasteiger partial charge in [0.15, 0.2) is 5.65 Å². The number of nitrogens with zero attached hydrogens (tertiary/aromatic N) is 5. The zero-order valence-corrected chi connectivity index (χ0v) is 17.7. The molecule has 1 atom stereocenters. The van der Waals surface area contributed by atoms with Crippen LogP contribution in [0.4, 0.5) is 5.82 Å². The molecule has 0 aliphatic rings. The molecule has 9 heteroatoms. The number of pyridine rings is 1. The fourth-order valence-corrected chi connectivity index (χ4v) is 3.96. The normalized spacial score (nSPS) is 12.3. The maximum atomic E-state index is 13.2. The molecule has 0 aliphatic carbocycles. The number of rotatable bonds is 4. The lowest BCUT2D eigenvalue weighted by atomic mass is 10.1. The molecule has 0 aliphatic heterocycles. The monoisotopic (exact) mass is 454 g/mol. The van der Waals surface area contributed by atoms with Gasteiger partial charge in [0, 0.05) is 11.8 Å². The molecular formula is C20H19BrN6O2. The van der Waals surface area contributed by atoms with Crippen molar-refractivity contribution in [2.45, 2.75) is 19.9 Å². The highest BCUT2D eigenvalue weighted by Gasteiger charge is 2.23. The Balaban J connectivity index is 2.01. The van der Waals surface area contributed by atoms with E-state index in [1.54, 1.807) is 23.3 Å². The van der Waals surface area contributed by atoms with Gasteiger partial charge in [-0.05, 0) is 41.9 Å². The first-order chi connectivity index (χ1) is 13.9. The topological polar surface area (TPSA) is 101 Å². The van der Waals surface area contributed by atoms with Gasteiger partial charge in [-0.15, -0.1) is 0 Å². The molecule has 3 heterocycles. The number of halogens is 1. The number of aromatic nitrogens is 5. The first kappa shape index (κ1) is 19.1. The predicted octanol–water partition coefficient (Wildman–Crippen LogP) is 3.25. The largest absolute Gasteiger partial charge is 0.496 e. The lowest BCUT2D eigenvalue weighted by Crippen LogP contribution is -2.27. The van der Waals surface area contributed by atoms with Gasteiger partial charge in [-0.2, -0.15) is 5.10 Å². The lowest BCUT2D eigenvalue weighted by Gasteiger charge is -2.21. The van der Waals surface area contributed by atoms with Gasteiger partial charge in [-0.25, -0.2) is 14.6 Å². The number of nitrogen functional groups attached to an aromatic ring is 1. The van der Waals surface area contributed by atoms with Crippen molar-refractivity contribution in [1.82, 2.24) is 24.3 Å². The van der Waals surface area contributed by atoms with E-state index in [2.05, 4.69) is 31.0 Å². The number of anilines is 1. The van der Waals surface area contributed by atoms with Crippen LogP contribution in [0.25, 0.3) is 16.7 Å². The molecule has 4 aromatic rings. The Morgan fingerprint density at radius 1 is 1.21 bits per heavy atom. The van der Waals surface area contributed by atoms with E-state index in [0.717, 1.165) is 5.69 Å². The quantitative estimate of drug-likeness (QED) is 0.507. The number of hydrogen-bond acceptors (Lipinski definition) is 6. The van der Waals surface area contributed by atoms with Crippen LogP contribution < -0.4 is 16.0 Å². The van der Waals surface area contributed by atoms with E-state index >= 15 is 0 Å². The first-order valence-corrected chi connectivity index (χ1v) is 9.73. The Morgan fingerprint density at radius 3 is 2.62 bits per heavy atom. The van der Waals surface area contributed by atoms with Gasteiger partial charge in [-0.1, -0.05) is 18.2 Å². The minimum Gasteiger partial charge on any atom is -0.496 e. The van der Waals surface area contributed by atoms with E-state index in [1.807, 2.05) is 43.3 Å². The number of benzene rings is 1. The molecule has 3 aromatic heterocycles. The summed E-state index contributed by atoms with van der Waals surface area (Å²) in [6, 6.07) is 11.0. The Morgan fingerprint density at radius 2 is 1.93 bits per heavy atom. The van der Waals surface area contributed by atoms with Crippen LogP contribution in [-0.4, -0.2) is 31.4 Å². The van der Waals surface area contributed by atoms with Crippen molar-refractivity contribution in [1.29, 1.82) is 0 Å². The molecule has 1 unspecified atom stereocenters. The molecule has 1 aromatic carbocycles. The highest BCUT2D eigenvalue weighted by molar-refractivity contribution is 9.10. The maximum absolute atomic E-state index is 13.2. The smallest absolute Gasteiger partial charge is 0.262 e. The van der Waals surface area contributed by atoms with Crippen molar-refractivity contribution in [2.24, 2.45) is 0 Å². The van der Waals surface area contributed by atoms with Crippen LogP contribution >= 0.6 is 15.9 Å². The molecule has 0 saturated heterocycles. The molecule has 0 fully saturated rings. The van der Waals surface area contributed by atoms with Crippen molar-refractivity contribution in [3.63, 3.8) is 0 Å². The van der Waals surface area contributed by atoms with Gasteiger partial charge in [0.1, 0.15) is 22.5 Å². The number of ether oxygens (including phenoxy) is 1. The zero-order chi connectivity index (χ0) is 20.7. The summed E-state index contributed by atoms with van der Waals surface area (Å²) >= 11 is 3.44. The van der Waals surface area contributed by atoms with E-state index in [4.69, 9.17) is 10.5 Å². The fraction of sp³-hybridized carbons (Fsp3) is 0.200. The van der Waals surface area contributed by atoms with E-state index in [1.165, 1.54) is 6.33 Å². The minimum atomic E-state index is -0.347. The van der Waals surface area contributed by atoms with Crippen molar-refractivity contribution in [3.05, 3.63) is 68.9 Å². The summed E-state index contributed by atoms with van der Waals surface area (Å²) < 4.78 is 9.40. The summed E-state index contributed by atoms with van der Waals surface area (Å²) in [6.45, 7) is 3.70. The average molecular weight is 455 g/mol. The van der Waals surface area contributed by atoms with Gasteiger partial charge in [0.25, 0.3) is 5.56 Å². The number of fused-ring (bicyclic) bond motifs is 1. The zero-order valence-electron chi connectivity index (χ0n) is 16.1. The summed E-state index contributed by atoms with van der Waals surface area (Å²) in [7, 11) is 1.55. The van der Waals surface area contributed by atoms with Crippen LogP contribution in [0, 0.1) is 6.92 Å². The molecular weight excluding hydrogens is 436 g/mol. The molecule has 0 spiro atoms. The van der Waals surface area contributed by atoms with Gasteiger partial charge >= 0.3 is 0 Å². The molecule has 0 saturated carbocycles. The Hall–Kier alpha value is -3.20. The standard InChI is InChI=1S/C20H19BrN6O2/c1-11-15(29-3)9-14(26(20(11)28)13-7-5-4-6-8-13)12(2)27-19-16(17(21)25-27)18(22)23-10-24-19/h4-10,12H,1-3H3,(H2,22,23,24). The lowest BCUT2D eigenvalue weighted by molar-refractivity contribution is 0.406. The molecule has 29 heavy (non-hydrogen) atoms.